The van der Waals surface area contributed by atoms with Gasteiger partial charge < -0.3 is 4.57 Å². The lowest BCUT2D eigenvalue weighted by Crippen LogP contribution is -2.26. The Morgan fingerprint density at radius 2 is 0.861 bits per heavy atom. The lowest BCUT2D eigenvalue weighted by molar-refractivity contribution is 0.796. The third-order valence-corrected chi connectivity index (χ3v) is 16.6. The first-order valence-corrected chi connectivity index (χ1v) is 25.5. The molecule has 16 rings (SSSR count). The molecule has 1 heterocycles. The van der Waals surface area contributed by atoms with Crippen molar-refractivity contribution >= 4 is 60.1 Å². The SMILES string of the molecule is C1=Cc2c(n(-c3ccccc3)c3ccc(-c4c5ccccc5c(-c5ccc(-c6cc7c(c8ccccc68)-c6cc8ccccc8cc6C76c7ccccc7-c7ccccc76)cc5)c5ccccc45)cc23)CC1. The predicted octanol–water partition coefficient (Wildman–Crippen LogP) is 18.5. The lowest BCUT2D eigenvalue weighted by Gasteiger charge is -2.31. The summed E-state index contributed by atoms with van der Waals surface area (Å²) in [6.07, 6.45) is 6.78. The summed E-state index contributed by atoms with van der Waals surface area (Å²) in [4.78, 5) is 0. The Hall–Kier alpha value is -9.04. The van der Waals surface area contributed by atoms with E-state index < -0.39 is 5.41 Å². The van der Waals surface area contributed by atoms with Crippen LogP contribution in [0.5, 0.6) is 0 Å². The van der Waals surface area contributed by atoms with E-state index in [9.17, 15) is 0 Å². The zero-order valence-electron chi connectivity index (χ0n) is 39.5. The van der Waals surface area contributed by atoms with Gasteiger partial charge >= 0.3 is 0 Å². The predicted molar refractivity (Wildman–Crippen MR) is 303 cm³/mol. The van der Waals surface area contributed by atoms with Crippen molar-refractivity contribution in [1.29, 1.82) is 0 Å². The topological polar surface area (TPSA) is 4.93 Å². The molecule has 1 spiro atoms. The highest BCUT2D eigenvalue weighted by atomic mass is 15.0. The van der Waals surface area contributed by atoms with Gasteiger partial charge in [-0.2, -0.15) is 0 Å². The van der Waals surface area contributed by atoms with E-state index in [1.165, 1.54) is 149 Å². The molecule has 0 bridgehead atoms. The van der Waals surface area contributed by atoms with Gasteiger partial charge in [-0.1, -0.05) is 206 Å². The van der Waals surface area contributed by atoms with Crippen LogP contribution in [0.25, 0.3) is 121 Å². The molecule has 0 atom stereocenters. The highest BCUT2D eigenvalue weighted by molar-refractivity contribution is 6.22. The fourth-order valence-electron chi connectivity index (χ4n) is 13.7. The van der Waals surface area contributed by atoms with E-state index in [1.807, 2.05) is 0 Å². The van der Waals surface area contributed by atoms with Gasteiger partial charge in [-0.25, -0.2) is 0 Å². The maximum atomic E-state index is 2.56. The van der Waals surface area contributed by atoms with Gasteiger partial charge in [-0.05, 0) is 176 Å². The zero-order valence-corrected chi connectivity index (χ0v) is 39.5. The number of aromatic nitrogens is 1. The fraction of sp³-hybridized carbons (Fsp3) is 0.0423. The maximum absolute atomic E-state index is 2.56. The van der Waals surface area contributed by atoms with Crippen LogP contribution in [0, 0.1) is 0 Å². The van der Waals surface area contributed by atoms with E-state index in [1.54, 1.807) is 0 Å². The first-order chi connectivity index (χ1) is 35.7. The molecular weight excluding hydrogens is 867 g/mol. The van der Waals surface area contributed by atoms with Crippen LogP contribution in [-0.4, -0.2) is 4.57 Å². The van der Waals surface area contributed by atoms with Crippen LogP contribution in [0.2, 0.25) is 0 Å². The standard InChI is InChI=1S/C71H45N/c1-2-20-49(21-3-1)72-66-33-17-14-25-53(66)60-41-48(38-39-67(60)72)69-57-29-10-8-27-55(57)68(56-28-9-11-30-58(56)69)45-36-34-44(35-37-45)59-43-65-70(54-26-7-6-22-50(54)59)61-40-46-18-4-5-19-47(46)42-64(61)71(65)62-31-15-12-23-51(62)52-24-13-16-32-63(52)71/h1-16,18-32,34-43H,17,33H2. The van der Waals surface area contributed by atoms with Gasteiger partial charge in [-0.15, -0.1) is 0 Å². The van der Waals surface area contributed by atoms with Gasteiger partial charge in [0.2, 0.25) is 0 Å². The number of rotatable bonds is 4. The minimum absolute atomic E-state index is 0.466. The summed E-state index contributed by atoms with van der Waals surface area (Å²) in [5, 5.41) is 11.5. The third-order valence-electron chi connectivity index (χ3n) is 16.6. The van der Waals surface area contributed by atoms with Gasteiger partial charge in [0.1, 0.15) is 0 Å². The molecule has 334 valence electrons. The van der Waals surface area contributed by atoms with Crippen molar-refractivity contribution in [2.24, 2.45) is 0 Å². The molecular formula is C71H45N. The fourth-order valence-corrected chi connectivity index (χ4v) is 13.7. The first kappa shape index (κ1) is 39.8. The molecule has 1 heteroatoms. The second kappa shape index (κ2) is 15.0. The third kappa shape index (κ3) is 5.32. The second-order valence-corrected chi connectivity index (χ2v) is 20.1. The molecule has 3 aliphatic carbocycles. The van der Waals surface area contributed by atoms with Gasteiger partial charge in [-0.3, -0.25) is 0 Å². The summed E-state index contributed by atoms with van der Waals surface area (Å²) in [5.41, 5.74) is 23.0. The summed E-state index contributed by atoms with van der Waals surface area (Å²) in [5.74, 6) is 0. The van der Waals surface area contributed by atoms with E-state index in [-0.39, 0.29) is 0 Å². The van der Waals surface area contributed by atoms with Crippen molar-refractivity contribution in [3.05, 3.63) is 276 Å². The van der Waals surface area contributed by atoms with Gasteiger partial charge in [0.15, 0.2) is 0 Å². The smallest absolute Gasteiger partial charge is 0.0726 e. The van der Waals surface area contributed by atoms with Crippen LogP contribution in [0.4, 0.5) is 0 Å². The van der Waals surface area contributed by atoms with Crippen molar-refractivity contribution < 1.29 is 0 Å². The summed E-state index contributed by atoms with van der Waals surface area (Å²) in [6.45, 7) is 0. The Kier molecular flexibility index (Phi) is 8.28. The normalized spacial score (nSPS) is 13.8. The van der Waals surface area contributed by atoms with Crippen molar-refractivity contribution in [2.75, 3.05) is 0 Å². The maximum Gasteiger partial charge on any atom is 0.0726 e. The number of benzene rings is 12. The molecule has 72 heavy (non-hydrogen) atoms. The zero-order chi connectivity index (χ0) is 47.1. The number of hydrogen-bond donors (Lipinski definition) is 0. The first-order valence-electron chi connectivity index (χ1n) is 25.5. The minimum Gasteiger partial charge on any atom is -0.313 e. The molecule has 0 saturated carbocycles. The summed E-state index contributed by atoms with van der Waals surface area (Å²) in [7, 11) is 0. The molecule has 13 aromatic rings. The molecule has 0 aliphatic heterocycles. The summed E-state index contributed by atoms with van der Waals surface area (Å²) in [6, 6.07) is 89.5. The Morgan fingerprint density at radius 1 is 0.333 bits per heavy atom. The molecule has 0 fully saturated rings. The van der Waals surface area contributed by atoms with Crippen LogP contribution in [0.15, 0.2) is 243 Å². The van der Waals surface area contributed by atoms with Gasteiger partial charge in [0, 0.05) is 22.3 Å². The Balaban J connectivity index is 0.892. The van der Waals surface area contributed by atoms with Gasteiger partial charge in [0.05, 0.1) is 10.9 Å². The second-order valence-electron chi connectivity index (χ2n) is 20.1. The molecule has 1 aromatic heterocycles. The quantitative estimate of drug-likeness (QED) is 0.155. The average Bonchev–Trinajstić information content (AvgIpc) is 4.05. The Labute approximate surface area is 418 Å². The number of hydrogen-bond acceptors (Lipinski definition) is 0. The van der Waals surface area contributed by atoms with Crippen molar-refractivity contribution in [2.45, 2.75) is 18.3 Å². The van der Waals surface area contributed by atoms with Crippen LogP contribution in [-0.2, 0) is 11.8 Å². The molecule has 0 unspecified atom stereocenters. The van der Waals surface area contributed by atoms with E-state index in [0.717, 1.165) is 12.8 Å². The molecule has 3 aliphatic rings. The monoisotopic (exact) mass is 911 g/mol. The number of para-hydroxylation sites is 1. The van der Waals surface area contributed by atoms with Crippen LogP contribution in [0.3, 0.4) is 0 Å². The van der Waals surface area contributed by atoms with Crippen molar-refractivity contribution in [3.8, 4) is 61.3 Å². The van der Waals surface area contributed by atoms with Gasteiger partial charge in [0.25, 0.3) is 0 Å². The Morgan fingerprint density at radius 3 is 1.53 bits per heavy atom. The van der Waals surface area contributed by atoms with Crippen LogP contribution in [0.1, 0.15) is 39.9 Å². The average molecular weight is 912 g/mol. The molecule has 0 amide bonds. The van der Waals surface area contributed by atoms with Crippen molar-refractivity contribution in [3.63, 3.8) is 0 Å². The van der Waals surface area contributed by atoms with Crippen LogP contribution < -0.4 is 0 Å². The number of nitrogens with zero attached hydrogens (tertiary/aromatic N) is 1. The van der Waals surface area contributed by atoms with E-state index in [4.69, 9.17) is 0 Å². The van der Waals surface area contributed by atoms with E-state index in [2.05, 4.69) is 253 Å². The Bertz CT molecular complexity index is 4380. The molecule has 0 radical (unpaired) electrons. The highest BCUT2D eigenvalue weighted by Gasteiger charge is 2.52. The highest BCUT2D eigenvalue weighted by Crippen LogP contribution is 2.65. The summed E-state index contributed by atoms with van der Waals surface area (Å²) >= 11 is 0. The molecule has 12 aromatic carbocycles. The summed E-state index contributed by atoms with van der Waals surface area (Å²) < 4.78 is 2.48. The largest absolute Gasteiger partial charge is 0.313 e. The molecule has 0 N–H and O–H groups in total. The molecule has 0 saturated heterocycles. The van der Waals surface area contributed by atoms with Crippen LogP contribution >= 0.6 is 0 Å². The van der Waals surface area contributed by atoms with E-state index in [0.29, 0.717) is 0 Å². The van der Waals surface area contributed by atoms with Crippen molar-refractivity contribution in [1.82, 2.24) is 4.57 Å². The number of fused-ring (bicyclic) bond motifs is 18. The number of allylic oxidation sites excluding steroid dienone is 1. The molecule has 1 nitrogen and oxygen atoms in total. The van der Waals surface area contributed by atoms with E-state index >= 15 is 0 Å². The lowest BCUT2D eigenvalue weighted by atomic mass is 9.69. The minimum atomic E-state index is -0.466.